The SMILES string of the molecule is CCCCCCCCCCCCCCCCOP(=O)(OCCCCCCCCCCCC)OCC[N+](C)(C)C. The molecule has 0 radical (unpaired) electrons. The first kappa shape index (κ1) is 39.1. The number of phosphoric acid groups is 1. The number of phosphoric ester groups is 1. The number of quaternary nitrogens is 1. The summed E-state index contributed by atoms with van der Waals surface area (Å²) in [6.45, 7) is 6.62. The van der Waals surface area contributed by atoms with E-state index < -0.39 is 7.82 Å². The van der Waals surface area contributed by atoms with Crippen molar-refractivity contribution >= 4 is 7.82 Å². The van der Waals surface area contributed by atoms with Gasteiger partial charge in [-0.2, -0.15) is 0 Å². The standard InChI is InChI=1S/C33H71NO4P/c1-6-8-10-12-14-16-18-19-20-21-23-25-27-29-32-37-39(35,38-33-30-34(3,4)5)36-31-28-26-24-22-17-15-13-11-9-7-2/h6-33H2,1-5H3/q+1. The van der Waals surface area contributed by atoms with Crippen LogP contribution in [0.25, 0.3) is 0 Å². The van der Waals surface area contributed by atoms with Crippen LogP contribution in [0.2, 0.25) is 0 Å². The zero-order valence-electron chi connectivity index (χ0n) is 27.3. The second kappa shape index (κ2) is 28.2. The van der Waals surface area contributed by atoms with Gasteiger partial charge in [-0.1, -0.05) is 155 Å². The molecule has 236 valence electrons. The fourth-order valence-electron chi connectivity index (χ4n) is 4.78. The molecule has 0 saturated heterocycles. The van der Waals surface area contributed by atoms with Gasteiger partial charge in [-0.15, -0.1) is 0 Å². The van der Waals surface area contributed by atoms with Crippen molar-refractivity contribution in [2.24, 2.45) is 0 Å². The van der Waals surface area contributed by atoms with Gasteiger partial charge in [0.15, 0.2) is 0 Å². The maximum absolute atomic E-state index is 13.2. The molecule has 0 rings (SSSR count). The highest BCUT2D eigenvalue weighted by Crippen LogP contribution is 2.49. The Morgan fingerprint density at radius 3 is 0.949 bits per heavy atom. The minimum Gasteiger partial charge on any atom is -0.329 e. The van der Waals surface area contributed by atoms with Crippen molar-refractivity contribution in [2.75, 3.05) is 47.5 Å². The molecular formula is C33H71NO4P+. The van der Waals surface area contributed by atoms with Crippen LogP contribution in [-0.2, 0) is 18.1 Å². The Labute approximate surface area is 245 Å². The van der Waals surface area contributed by atoms with Crippen LogP contribution in [0.3, 0.4) is 0 Å². The Hall–Kier alpha value is 0.0700. The average Bonchev–Trinajstić information content (AvgIpc) is 2.89. The molecule has 0 aromatic carbocycles. The first-order chi connectivity index (χ1) is 18.8. The Bertz CT molecular complexity index is 538. The van der Waals surface area contributed by atoms with Gasteiger partial charge in [-0.05, 0) is 12.8 Å². The maximum Gasteiger partial charge on any atom is 0.474 e. The molecule has 0 heterocycles. The van der Waals surface area contributed by atoms with Crippen LogP contribution >= 0.6 is 7.82 Å². The Kier molecular flexibility index (Phi) is 28.3. The molecule has 5 nitrogen and oxygen atoms in total. The third-order valence-corrected chi connectivity index (χ3v) is 9.00. The van der Waals surface area contributed by atoms with Gasteiger partial charge in [-0.3, -0.25) is 13.6 Å². The number of hydrogen-bond acceptors (Lipinski definition) is 4. The molecule has 6 heteroatoms. The summed E-state index contributed by atoms with van der Waals surface area (Å²) >= 11 is 0. The van der Waals surface area contributed by atoms with Crippen LogP contribution in [0.1, 0.15) is 168 Å². The van der Waals surface area contributed by atoms with E-state index in [9.17, 15) is 4.57 Å². The fourth-order valence-corrected chi connectivity index (χ4v) is 6.01. The predicted molar refractivity (Wildman–Crippen MR) is 171 cm³/mol. The van der Waals surface area contributed by atoms with E-state index in [-0.39, 0.29) is 0 Å². The third kappa shape index (κ3) is 30.8. The normalized spacial score (nSPS) is 13.7. The molecule has 0 aromatic rings. The smallest absolute Gasteiger partial charge is 0.329 e. The summed E-state index contributed by atoms with van der Waals surface area (Å²) in [4.78, 5) is 0. The Balaban J connectivity index is 3.91. The highest BCUT2D eigenvalue weighted by molar-refractivity contribution is 7.48. The molecule has 0 aliphatic rings. The summed E-state index contributed by atoms with van der Waals surface area (Å²) in [7, 11) is 2.84. The van der Waals surface area contributed by atoms with Crippen LogP contribution in [0.4, 0.5) is 0 Å². The van der Waals surface area contributed by atoms with E-state index in [0.29, 0.717) is 19.8 Å². The molecule has 0 spiro atoms. The average molecular weight is 577 g/mol. The summed E-state index contributed by atoms with van der Waals surface area (Å²) in [5, 5.41) is 0. The van der Waals surface area contributed by atoms with Gasteiger partial charge in [0.25, 0.3) is 0 Å². The summed E-state index contributed by atoms with van der Waals surface area (Å²) in [5.74, 6) is 0. The lowest BCUT2D eigenvalue weighted by Gasteiger charge is -2.25. The first-order valence-corrected chi connectivity index (χ1v) is 18.6. The molecule has 0 bridgehead atoms. The van der Waals surface area contributed by atoms with Crippen molar-refractivity contribution in [3.63, 3.8) is 0 Å². The van der Waals surface area contributed by atoms with E-state index in [0.717, 1.165) is 36.7 Å². The van der Waals surface area contributed by atoms with E-state index in [1.54, 1.807) is 0 Å². The van der Waals surface area contributed by atoms with Crippen LogP contribution in [-0.4, -0.2) is 52.0 Å². The van der Waals surface area contributed by atoms with Gasteiger partial charge >= 0.3 is 7.82 Å². The largest absolute Gasteiger partial charge is 0.474 e. The number of likely N-dealkylation sites (N-methyl/N-ethyl adjacent to an activating group) is 1. The van der Waals surface area contributed by atoms with E-state index >= 15 is 0 Å². The number of rotatable bonds is 32. The minimum atomic E-state index is -3.48. The Morgan fingerprint density at radius 2 is 0.667 bits per heavy atom. The molecule has 1 unspecified atom stereocenters. The molecule has 0 fully saturated rings. The molecule has 0 aliphatic carbocycles. The van der Waals surface area contributed by atoms with Crippen molar-refractivity contribution in [1.29, 1.82) is 0 Å². The van der Waals surface area contributed by atoms with Gasteiger partial charge in [0.2, 0.25) is 0 Å². The molecule has 0 saturated carbocycles. The van der Waals surface area contributed by atoms with Gasteiger partial charge in [0, 0.05) is 0 Å². The number of hydrogen-bond donors (Lipinski definition) is 0. The molecule has 0 aliphatic heterocycles. The second-order valence-electron chi connectivity index (χ2n) is 12.7. The number of nitrogens with zero attached hydrogens (tertiary/aromatic N) is 1. The van der Waals surface area contributed by atoms with Crippen molar-refractivity contribution in [3.05, 3.63) is 0 Å². The third-order valence-electron chi connectivity index (χ3n) is 7.51. The van der Waals surface area contributed by atoms with E-state index in [1.165, 1.54) is 128 Å². The molecule has 0 N–H and O–H groups in total. The summed E-state index contributed by atoms with van der Waals surface area (Å²) < 4.78 is 31.2. The van der Waals surface area contributed by atoms with Crippen molar-refractivity contribution in [2.45, 2.75) is 168 Å². The maximum atomic E-state index is 13.2. The topological polar surface area (TPSA) is 44.8 Å². The fraction of sp³-hybridized carbons (Fsp3) is 1.00. The van der Waals surface area contributed by atoms with Gasteiger partial charge < -0.3 is 4.48 Å². The van der Waals surface area contributed by atoms with Gasteiger partial charge in [0.05, 0.1) is 34.4 Å². The molecular weight excluding hydrogens is 505 g/mol. The minimum absolute atomic E-state index is 0.386. The van der Waals surface area contributed by atoms with E-state index in [1.807, 2.05) is 0 Å². The van der Waals surface area contributed by atoms with Crippen LogP contribution in [0, 0.1) is 0 Å². The van der Waals surface area contributed by atoms with Crippen LogP contribution in [0.15, 0.2) is 0 Å². The van der Waals surface area contributed by atoms with Crippen LogP contribution < -0.4 is 0 Å². The van der Waals surface area contributed by atoms with Crippen molar-refractivity contribution in [3.8, 4) is 0 Å². The molecule has 1 atom stereocenters. The summed E-state index contributed by atoms with van der Waals surface area (Å²) in [5.41, 5.74) is 0. The highest BCUT2D eigenvalue weighted by Gasteiger charge is 2.27. The summed E-state index contributed by atoms with van der Waals surface area (Å²) in [6, 6.07) is 0. The zero-order chi connectivity index (χ0) is 28.9. The summed E-state index contributed by atoms with van der Waals surface area (Å²) in [6.07, 6.45) is 31.2. The van der Waals surface area contributed by atoms with Gasteiger partial charge in [-0.25, -0.2) is 4.57 Å². The first-order valence-electron chi connectivity index (χ1n) is 17.2. The lowest BCUT2D eigenvalue weighted by Crippen LogP contribution is -2.37. The lowest BCUT2D eigenvalue weighted by atomic mass is 10.0. The van der Waals surface area contributed by atoms with E-state index in [4.69, 9.17) is 13.6 Å². The quantitative estimate of drug-likeness (QED) is 0.0454. The second-order valence-corrected chi connectivity index (χ2v) is 14.4. The highest BCUT2D eigenvalue weighted by atomic mass is 31.2. The Morgan fingerprint density at radius 1 is 0.410 bits per heavy atom. The van der Waals surface area contributed by atoms with E-state index in [2.05, 4.69) is 35.0 Å². The molecule has 0 aromatic heterocycles. The monoisotopic (exact) mass is 577 g/mol. The molecule has 0 amide bonds. The van der Waals surface area contributed by atoms with Crippen molar-refractivity contribution < 1.29 is 22.6 Å². The zero-order valence-corrected chi connectivity index (χ0v) is 28.2. The lowest BCUT2D eigenvalue weighted by molar-refractivity contribution is -0.870. The van der Waals surface area contributed by atoms with Gasteiger partial charge in [0.1, 0.15) is 13.2 Å². The number of unbranched alkanes of at least 4 members (excludes halogenated alkanes) is 22. The van der Waals surface area contributed by atoms with Crippen molar-refractivity contribution in [1.82, 2.24) is 0 Å². The van der Waals surface area contributed by atoms with Crippen LogP contribution in [0.5, 0.6) is 0 Å². The molecule has 39 heavy (non-hydrogen) atoms. The predicted octanol–water partition coefficient (Wildman–Crippen LogP) is 11.3.